The van der Waals surface area contributed by atoms with Gasteiger partial charge in [-0.3, -0.25) is 4.79 Å². The molecule has 7 heteroatoms. The van der Waals surface area contributed by atoms with E-state index < -0.39 is 9.83 Å². The van der Waals surface area contributed by atoms with E-state index in [2.05, 4.69) is 0 Å². The minimum atomic E-state index is -2.65. The number of hydrogen-bond donors (Lipinski definition) is 0. The summed E-state index contributed by atoms with van der Waals surface area (Å²) in [6.45, 7) is 4.12. The average molecular weight is 388 g/mol. The molecule has 2 rings (SSSR count). The van der Waals surface area contributed by atoms with Crippen molar-refractivity contribution in [2.45, 2.75) is 17.8 Å². The number of hydrogen-bond acceptors (Lipinski definition) is 3. The highest BCUT2D eigenvalue weighted by molar-refractivity contribution is 8.05. The van der Waals surface area contributed by atoms with Crippen molar-refractivity contribution in [3.63, 3.8) is 0 Å². The lowest BCUT2D eigenvalue weighted by atomic mass is 10.1. The van der Waals surface area contributed by atoms with Gasteiger partial charge >= 0.3 is 3.92 Å². The monoisotopic (exact) mass is 387 g/mol. The number of carbonyl (C=O) groups excluding carboxylic acids is 1. The van der Waals surface area contributed by atoms with Crippen molar-refractivity contribution in [2.24, 2.45) is 0 Å². The first kappa shape index (κ1) is 18.9. The van der Waals surface area contributed by atoms with Gasteiger partial charge in [0.25, 0.3) is 5.91 Å². The summed E-state index contributed by atoms with van der Waals surface area (Å²) in [6, 6.07) is 13.8. The Labute approximate surface area is 154 Å². The van der Waals surface area contributed by atoms with Gasteiger partial charge in [0.15, 0.2) is 0 Å². The van der Waals surface area contributed by atoms with Gasteiger partial charge in [0.1, 0.15) is 5.75 Å². The van der Waals surface area contributed by atoms with E-state index in [0.717, 1.165) is 9.87 Å². The summed E-state index contributed by atoms with van der Waals surface area (Å²) in [7, 11) is 0. The lowest BCUT2D eigenvalue weighted by Crippen LogP contribution is -2.27. The van der Waals surface area contributed by atoms with Gasteiger partial charge in [-0.05, 0) is 37.6 Å². The first-order chi connectivity index (χ1) is 11.3. The molecule has 0 bridgehead atoms. The number of rotatable bonds is 6. The lowest BCUT2D eigenvalue weighted by Gasteiger charge is -2.25. The second-order valence-electron chi connectivity index (χ2n) is 4.88. The molecule has 0 saturated carbocycles. The fraction of sp³-hybridized carbons (Fsp3) is 0.235. The van der Waals surface area contributed by atoms with Crippen LogP contribution >= 0.6 is 35.1 Å². The van der Waals surface area contributed by atoms with Crippen LogP contribution in [0.5, 0.6) is 5.75 Å². The fourth-order valence-electron chi connectivity index (χ4n) is 2.10. The van der Waals surface area contributed by atoms with E-state index in [9.17, 15) is 9.18 Å². The fourth-order valence-corrected chi connectivity index (χ4v) is 3.12. The second-order valence-corrected chi connectivity index (χ2v) is 7.68. The Bertz CT molecular complexity index is 722. The van der Waals surface area contributed by atoms with E-state index in [1.165, 1.54) is 0 Å². The van der Waals surface area contributed by atoms with E-state index in [1.54, 1.807) is 49.4 Å². The Kier molecular flexibility index (Phi) is 6.38. The van der Waals surface area contributed by atoms with Gasteiger partial charge in [-0.1, -0.05) is 47.5 Å². The van der Waals surface area contributed by atoms with Crippen LogP contribution in [0.1, 0.15) is 22.8 Å². The zero-order valence-electron chi connectivity index (χ0n) is 13.1. The number of nitrogens with zero attached hydrogens (tertiary/aromatic N) is 1. The molecule has 0 aliphatic rings. The van der Waals surface area contributed by atoms with Crippen LogP contribution in [0.3, 0.4) is 0 Å². The number of aryl methyl sites for hydroxylation is 1. The zero-order chi connectivity index (χ0) is 17.7. The van der Waals surface area contributed by atoms with Crippen molar-refractivity contribution in [2.75, 3.05) is 10.9 Å². The van der Waals surface area contributed by atoms with Crippen LogP contribution in [0.15, 0.2) is 48.5 Å². The smallest absolute Gasteiger partial charge is 0.324 e. The number of halogens is 3. The number of ether oxygens (including phenoxy) is 1. The molecular formula is C17H16Cl2FNO2S. The van der Waals surface area contributed by atoms with Gasteiger partial charge in [0.2, 0.25) is 0 Å². The van der Waals surface area contributed by atoms with Crippen LogP contribution in [-0.4, -0.2) is 16.4 Å². The molecule has 1 amide bonds. The predicted octanol–water partition coefficient (Wildman–Crippen LogP) is 5.75. The summed E-state index contributed by atoms with van der Waals surface area (Å²) < 4.78 is 17.7. The summed E-state index contributed by atoms with van der Waals surface area (Å²) in [5.41, 5.74) is 1.62. The van der Waals surface area contributed by atoms with E-state index >= 15 is 0 Å². The largest absolute Gasteiger partial charge is 0.494 e. The molecule has 0 spiro atoms. The lowest BCUT2D eigenvalue weighted by molar-refractivity contribution is 0.101. The van der Waals surface area contributed by atoms with Gasteiger partial charge < -0.3 is 4.74 Å². The number of amides is 1. The molecule has 0 aromatic heterocycles. The SMILES string of the molecule is CCOc1cccc(N(SC(F)(Cl)Cl)C(=O)c2ccccc2C)c1. The first-order valence-electron chi connectivity index (χ1n) is 7.20. The molecule has 128 valence electrons. The van der Waals surface area contributed by atoms with Crippen LogP contribution < -0.4 is 9.04 Å². The number of carbonyl (C=O) groups is 1. The molecule has 0 unspecified atom stereocenters. The summed E-state index contributed by atoms with van der Waals surface area (Å²) >= 11 is 11.4. The molecule has 0 atom stereocenters. The van der Waals surface area contributed by atoms with Gasteiger partial charge in [-0.2, -0.15) is 4.39 Å². The number of alkyl halides is 3. The molecule has 2 aromatic rings. The van der Waals surface area contributed by atoms with Crippen LogP contribution in [0.25, 0.3) is 0 Å². The summed E-state index contributed by atoms with van der Waals surface area (Å²) in [6.07, 6.45) is 0. The highest BCUT2D eigenvalue weighted by Gasteiger charge is 2.32. The quantitative estimate of drug-likeness (QED) is 0.466. The maximum absolute atomic E-state index is 13.8. The van der Waals surface area contributed by atoms with Crippen molar-refractivity contribution in [3.8, 4) is 5.75 Å². The molecule has 0 fully saturated rings. The third-order valence-corrected chi connectivity index (χ3v) is 4.30. The molecule has 0 heterocycles. The van der Waals surface area contributed by atoms with Crippen LogP contribution in [0.2, 0.25) is 0 Å². The average Bonchev–Trinajstić information content (AvgIpc) is 2.52. The minimum absolute atomic E-state index is 0.386. The molecule has 0 saturated heterocycles. The number of anilines is 1. The van der Waals surface area contributed by atoms with E-state index in [-0.39, 0.29) is 0 Å². The van der Waals surface area contributed by atoms with Gasteiger partial charge in [0, 0.05) is 23.6 Å². The van der Waals surface area contributed by atoms with E-state index in [4.69, 9.17) is 27.9 Å². The third kappa shape index (κ3) is 5.03. The maximum Gasteiger partial charge on any atom is 0.324 e. The van der Waals surface area contributed by atoms with Crippen LogP contribution in [0, 0.1) is 6.92 Å². The Hall–Kier alpha value is -1.43. The third-order valence-electron chi connectivity index (χ3n) is 3.12. The summed E-state index contributed by atoms with van der Waals surface area (Å²) in [4.78, 5) is 12.9. The van der Waals surface area contributed by atoms with Crippen LogP contribution in [0.4, 0.5) is 10.1 Å². The summed E-state index contributed by atoms with van der Waals surface area (Å²) in [5, 5.41) is 0. The van der Waals surface area contributed by atoms with Gasteiger partial charge in [-0.15, -0.1) is 0 Å². The molecular weight excluding hydrogens is 372 g/mol. The highest BCUT2D eigenvalue weighted by Crippen LogP contribution is 2.42. The predicted molar refractivity (Wildman–Crippen MR) is 98.7 cm³/mol. The normalized spacial score (nSPS) is 11.2. The van der Waals surface area contributed by atoms with Crippen LogP contribution in [-0.2, 0) is 0 Å². The van der Waals surface area contributed by atoms with Crippen molar-refractivity contribution in [1.29, 1.82) is 0 Å². The minimum Gasteiger partial charge on any atom is -0.494 e. The molecule has 0 aliphatic heterocycles. The van der Waals surface area contributed by atoms with Crippen molar-refractivity contribution < 1.29 is 13.9 Å². The molecule has 0 radical (unpaired) electrons. The Morgan fingerprint density at radius 3 is 2.58 bits per heavy atom. The summed E-state index contributed by atoms with van der Waals surface area (Å²) in [5.74, 6) is 0.141. The molecule has 0 aliphatic carbocycles. The second kappa shape index (κ2) is 8.10. The molecule has 24 heavy (non-hydrogen) atoms. The molecule has 0 N–H and O–H groups in total. The highest BCUT2D eigenvalue weighted by atomic mass is 35.5. The standard InChI is InChI=1S/C17H16Cl2FNO2S/c1-3-23-14-9-6-8-13(11-14)21(24-17(18,19)20)16(22)15-10-5-4-7-12(15)2/h4-11H,3H2,1-2H3. The molecule has 3 nitrogen and oxygen atoms in total. The molecule has 2 aromatic carbocycles. The van der Waals surface area contributed by atoms with Crippen molar-refractivity contribution >= 4 is 46.7 Å². The maximum atomic E-state index is 13.8. The van der Waals surface area contributed by atoms with Gasteiger partial charge in [-0.25, -0.2) is 4.31 Å². The Morgan fingerprint density at radius 1 is 1.25 bits per heavy atom. The first-order valence-corrected chi connectivity index (χ1v) is 8.73. The van der Waals surface area contributed by atoms with Crippen molar-refractivity contribution in [1.82, 2.24) is 0 Å². The topological polar surface area (TPSA) is 29.5 Å². The van der Waals surface area contributed by atoms with Gasteiger partial charge in [0.05, 0.1) is 12.3 Å². The Balaban J connectivity index is 2.43. The zero-order valence-corrected chi connectivity index (χ0v) is 15.5. The van der Waals surface area contributed by atoms with Crippen molar-refractivity contribution in [3.05, 3.63) is 59.7 Å². The Morgan fingerprint density at radius 2 is 1.96 bits per heavy atom. The van der Waals surface area contributed by atoms with E-state index in [1.807, 2.05) is 13.0 Å². The number of benzene rings is 2. The van der Waals surface area contributed by atoms with E-state index in [0.29, 0.717) is 35.6 Å².